The third-order valence-corrected chi connectivity index (χ3v) is 9.42. The molecule has 8 rings (SSSR count). The van der Waals surface area contributed by atoms with Gasteiger partial charge in [-0.2, -0.15) is 4.98 Å². The van der Waals surface area contributed by atoms with Crippen molar-refractivity contribution in [2.45, 2.75) is 38.8 Å². The van der Waals surface area contributed by atoms with E-state index in [1.54, 1.807) is 17.4 Å². The average molecular weight is 627 g/mol. The number of hydrogen-bond acceptors (Lipinski definition) is 8. The van der Waals surface area contributed by atoms with Crippen LogP contribution in [-0.2, 0) is 22.6 Å². The largest absolute Gasteiger partial charge is 0.354 e. The highest BCUT2D eigenvalue weighted by molar-refractivity contribution is 6.27. The van der Waals surface area contributed by atoms with Gasteiger partial charge in [0.25, 0.3) is 5.91 Å². The van der Waals surface area contributed by atoms with Crippen LogP contribution in [0, 0.1) is 6.92 Å². The lowest BCUT2D eigenvalue weighted by Crippen LogP contribution is -2.53. The molecule has 11 heteroatoms. The van der Waals surface area contributed by atoms with Crippen LogP contribution < -0.4 is 15.1 Å². The van der Waals surface area contributed by atoms with E-state index in [9.17, 15) is 14.4 Å². The Morgan fingerprint density at radius 3 is 2.49 bits per heavy atom. The van der Waals surface area contributed by atoms with E-state index >= 15 is 0 Å². The minimum Gasteiger partial charge on any atom is -0.354 e. The third-order valence-electron chi connectivity index (χ3n) is 9.42. The lowest BCUT2D eigenvalue weighted by Gasteiger charge is -2.35. The first-order valence-corrected chi connectivity index (χ1v) is 16.0. The van der Waals surface area contributed by atoms with Crippen molar-refractivity contribution in [1.82, 2.24) is 29.7 Å². The Balaban J connectivity index is 0.932. The minimum atomic E-state index is -0.686. The van der Waals surface area contributed by atoms with E-state index in [-0.39, 0.29) is 18.2 Å². The normalized spacial score (nSPS) is 18.3. The zero-order valence-corrected chi connectivity index (χ0v) is 26.1. The third kappa shape index (κ3) is 5.42. The first-order chi connectivity index (χ1) is 22.9. The molecule has 3 aromatic carbocycles. The van der Waals surface area contributed by atoms with Crippen LogP contribution >= 0.6 is 0 Å². The van der Waals surface area contributed by atoms with Crippen molar-refractivity contribution >= 4 is 40.0 Å². The molecule has 3 aliphatic heterocycles. The first kappa shape index (κ1) is 29.0. The van der Waals surface area contributed by atoms with E-state index in [2.05, 4.69) is 55.4 Å². The monoisotopic (exact) mass is 626 g/mol. The number of carbonyl (C=O) groups excluding carboxylic acids is 3. The second-order valence-electron chi connectivity index (χ2n) is 12.5. The van der Waals surface area contributed by atoms with Crippen LogP contribution in [-0.4, -0.2) is 74.4 Å². The van der Waals surface area contributed by atoms with Crippen LogP contribution in [0.1, 0.15) is 45.6 Å². The number of piperazine rings is 1. The van der Waals surface area contributed by atoms with E-state index in [0.717, 1.165) is 72.7 Å². The number of carbonyl (C=O) groups is 3. The maximum Gasteiger partial charge on any atom is 0.259 e. The van der Waals surface area contributed by atoms with E-state index in [4.69, 9.17) is 4.98 Å². The topological polar surface area (TPSA) is 117 Å². The van der Waals surface area contributed by atoms with Crippen molar-refractivity contribution in [3.63, 3.8) is 0 Å². The van der Waals surface area contributed by atoms with Gasteiger partial charge in [-0.25, -0.2) is 9.97 Å². The summed E-state index contributed by atoms with van der Waals surface area (Å²) >= 11 is 0. The van der Waals surface area contributed by atoms with Crippen LogP contribution in [0.25, 0.3) is 16.7 Å². The molecular formula is C36H34N8O3. The number of hydrogen-bond donors (Lipinski definition) is 1. The smallest absolute Gasteiger partial charge is 0.259 e. The Kier molecular flexibility index (Phi) is 7.25. The van der Waals surface area contributed by atoms with E-state index in [1.165, 1.54) is 11.1 Å². The molecule has 5 heterocycles. The molecule has 0 aliphatic carbocycles. The van der Waals surface area contributed by atoms with E-state index < -0.39 is 11.9 Å². The van der Waals surface area contributed by atoms with Crippen LogP contribution in [0.4, 0.5) is 11.5 Å². The molecule has 2 aromatic heterocycles. The van der Waals surface area contributed by atoms with Gasteiger partial charge in [0.05, 0.1) is 5.69 Å². The SMILES string of the molecule is Cc1cc(N2CCN(Cc3ccc(Cc4ccc5c6c(cccc46)C(=O)N5C4CCC(=O)NC4=O)cc3)CC2)nc(-n2ccnc2)n1. The fraction of sp³-hybridized carbons (Fsp3) is 0.278. The predicted molar refractivity (Wildman–Crippen MR) is 178 cm³/mol. The van der Waals surface area contributed by atoms with Gasteiger partial charge in [0.2, 0.25) is 17.8 Å². The van der Waals surface area contributed by atoms with Crippen molar-refractivity contribution in [3.05, 3.63) is 107 Å². The molecule has 11 nitrogen and oxygen atoms in total. The number of piperidine rings is 1. The fourth-order valence-electron chi connectivity index (χ4n) is 7.03. The number of nitrogens with one attached hydrogen (secondary N) is 1. The van der Waals surface area contributed by atoms with Gasteiger partial charge < -0.3 is 4.90 Å². The van der Waals surface area contributed by atoms with Crippen molar-refractivity contribution in [1.29, 1.82) is 0 Å². The van der Waals surface area contributed by atoms with Gasteiger partial charge >= 0.3 is 0 Å². The molecule has 236 valence electrons. The molecule has 3 amide bonds. The summed E-state index contributed by atoms with van der Waals surface area (Å²) < 4.78 is 1.83. The molecule has 0 bridgehead atoms. The summed E-state index contributed by atoms with van der Waals surface area (Å²) in [6.45, 7) is 6.56. The molecule has 1 N–H and O–H groups in total. The Bertz CT molecular complexity index is 2020. The molecule has 2 fully saturated rings. The predicted octanol–water partition coefficient (Wildman–Crippen LogP) is 3.80. The Labute approximate surface area is 271 Å². The summed E-state index contributed by atoms with van der Waals surface area (Å²) in [5.74, 6) is 0.691. The number of aryl methyl sites for hydroxylation is 1. The number of rotatable bonds is 7. The van der Waals surface area contributed by atoms with E-state index in [0.29, 0.717) is 17.9 Å². The van der Waals surface area contributed by atoms with Crippen LogP contribution in [0.5, 0.6) is 0 Å². The first-order valence-electron chi connectivity index (χ1n) is 16.0. The van der Waals surface area contributed by atoms with Gasteiger partial charge in [-0.15, -0.1) is 0 Å². The van der Waals surface area contributed by atoms with Crippen molar-refractivity contribution < 1.29 is 14.4 Å². The molecule has 1 atom stereocenters. The second-order valence-corrected chi connectivity index (χ2v) is 12.5. The summed E-state index contributed by atoms with van der Waals surface area (Å²) in [6, 6.07) is 20.0. The van der Waals surface area contributed by atoms with Crippen molar-refractivity contribution in [2.75, 3.05) is 36.0 Å². The van der Waals surface area contributed by atoms with Gasteiger partial charge in [-0.3, -0.25) is 34.1 Å². The van der Waals surface area contributed by atoms with Gasteiger partial charge in [0.15, 0.2) is 0 Å². The van der Waals surface area contributed by atoms with Gasteiger partial charge in [0, 0.05) is 74.2 Å². The molecule has 0 radical (unpaired) electrons. The van der Waals surface area contributed by atoms with Crippen LogP contribution in [0.15, 0.2) is 79.4 Å². The van der Waals surface area contributed by atoms with Gasteiger partial charge in [0.1, 0.15) is 18.2 Å². The number of imidazole rings is 1. The maximum absolute atomic E-state index is 13.5. The number of nitrogens with zero attached hydrogens (tertiary/aromatic N) is 7. The lowest BCUT2D eigenvalue weighted by molar-refractivity contribution is -0.134. The molecule has 0 saturated carbocycles. The molecule has 47 heavy (non-hydrogen) atoms. The zero-order valence-electron chi connectivity index (χ0n) is 26.1. The highest BCUT2D eigenvalue weighted by atomic mass is 16.2. The van der Waals surface area contributed by atoms with E-state index in [1.807, 2.05) is 48.0 Å². The fourth-order valence-corrected chi connectivity index (χ4v) is 7.03. The highest BCUT2D eigenvalue weighted by Crippen LogP contribution is 2.41. The number of imide groups is 1. The Morgan fingerprint density at radius 2 is 1.72 bits per heavy atom. The molecule has 3 aliphatic rings. The van der Waals surface area contributed by atoms with Crippen LogP contribution in [0.3, 0.4) is 0 Å². The average Bonchev–Trinajstić information content (AvgIpc) is 3.72. The summed E-state index contributed by atoms with van der Waals surface area (Å²) in [5.41, 5.74) is 5.87. The van der Waals surface area contributed by atoms with Gasteiger partial charge in [-0.1, -0.05) is 42.5 Å². The molecule has 1 unspecified atom stereocenters. The minimum absolute atomic E-state index is 0.186. The molecular weight excluding hydrogens is 592 g/mol. The standard InChI is InChI=1S/C36H34N8O3/c1-23-19-31(39-36(38-23)43-14-13-37-22-43)42-17-15-41(16-18-42)21-25-7-5-24(6-8-25)20-26-9-10-29-33-27(26)3-2-4-28(33)35(47)44(29)30-11-12-32(45)40-34(30)46/h2-10,13-14,19,22,30H,11-12,15-18,20-21H2,1H3,(H,40,45,46). The molecule has 0 spiro atoms. The maximum atomic E-state index is 13.5. The quantitative estimate of drug-likeness (QED) is 0.271. The number of anilines is 2. The Hall–Kier alpha value is -5.42. The summed E-state index contributed by atoms with van der Waals surface area (Å²) in [5, 5.41) is 4.29. The zero-order chi connectivity index (χ0) is 32.1. The Morgan fingerprint density at radius 1 is 0.915 bits per heavy atom. The number of amides is 3. The summed E-state index contributed by atoms with van der Waals surface area (Å²) in [7, 11) is 0. The molecule has 2 saturated heterocycles. The van der Waals surface area contributed by atoms with Gasteiger partial charge in [-0.05, 0) is 54.0 Å². The number of aromatic nitrogens is 4. The second kappa shape index (κ2) is 11.7. The van der Waals surface area contributed by atoms with Crippen molar-refractivity contribution in [2.24, 2.45) is 0 Å². The number of benzene rings is 3. The van der Waals surface area contributed by atoms with Crippen LogP contribution in [0.2, 0.25) is 0 Å². The molecule has 5 aromatic rings. The van der Waals surface area contributed by atoms with Crippen molar-refractivity contribution in [3.8, 4) is 5.95 Å². The summed E-state index contributed by atoms with van der Waals surface area (Å²) in [4.78, 5) is 57.7. The lowest BCUT2D eigenvalue weighted by atomic mass is 9.95. The summed E-state index contributed by atoms with van der Waals surface area (Å²) in [6.07, 6.45) is 6.58. The highest BCUT2D eigenvalue weighted by Gasteiger charge is 2.40.